The number of rotatable bonds is 5. The number of nitrogens with zero attached hydrogens (tertiary/aromatic N) is 1. The molecule has 2 heterocycles. The van der Waals surface area contributed by atoms with Crippen LogP contribution in [0.5, 0.6) is 5.75 Å². The number of aliphatic hydroxyl groups is 1. The summed E-state index contributed by atoms with van der Waals surface area (Å²) >= 11 is 0. The largest absolute Gasteiger partial charge is 0.505 e. The minimum absolute atomic E-state index is 0.0562. The van der Waals surface area contributed by atoms with E-state index in [0.717, 1.165) is 19.5 Å². The highest BCUT2D eigenvalue weighted by molar-refractivity contribution is 5.79. The van der Waals surface area contributed by atoms with Crippen molar-refractivity contribution in [1.82, 2.24) is 10.2 Å². The average Bonchev–Trinajstić information content (AvgIpc) is 2.92. The van der Waals surface area contributed by atoms with Gasteiger partial charge in [0.2, 0.25) is 5.91 Å². The van der Waals surface area contributed by atoms with Gasteiger partial charge in [-0.2, -0.15) is 0 Å². The molecule has 2 saturated heterocycles. The van der Waals surface area contributed by atoms with E-state index in [-0.39, 0.29) is 31.1 Å². The Morgan fingerprint density at radius 2 is 2.25 bits per heavy atom. The van der Waals surface area contributed by atoms with Crippen LogP contribution in [0, 0.1) is 5.82 Å². The quantitative estimate of drug-likeness (QED) is 0.725. The molecule has 132 valence electrons. The van der Waals surface area contributed by atoms with Gasteiger partial charge < -0.3 is 20.3 Å². The lowest BCUT2D eigenvalue weighted by molar-refractivity contribution is -0.121. The second kappa shape index (κ2) is 7.46. The topological polar surface area (TPSA) is 82.0 Å². The van der Waals surface area contributed by atoms with Crippen LogP contribution >= 0.6 is 0 Å². The summed E-state index contributed by atoms with van der Waals surface area (Å²) in [6.07, 6.45) is 1.61. The van der Waals surface area contributed by atoms with Crippen LogP contribution in [0.1, 0.15) is 18.4 Å². The van der Waals surface area contributed by atoms with Crippen LogP contribution in [-0.2, 0) is 16.0 Å². The first kappa shape index (κ1) is 17.1. The van der Waals surface area contributed by atoms with Gasteiger partial charge in [-0.3, -0.25) is 9.69 Å². The van der Waals surface area contributed by atoms with Crippen LogP contribution in [0.15, 0.2) is 18.2 Å². The number of halogens is 1. The average molecular weight is 338 g/mol. The van der Waals surface area contributed by atoms with E-state index in [2.05, 4.69) is 10.2 Å². The highest BCUT2D eigenvalue weighted by Gasteiger charge is 2.37. The molecule has 0 aromatic heterocycles. The number of benzene rings is 1. The van der Waals surface area contributed by atoms with Crippen molar-refractivity contribution in [3.63, 3.8) is 0 Å². The minimum Gasteiger partial charge on any atom is -0.505 e. The number of phenolic OH excluding ortho intramolecular Hbond substituents is 1. The maximum Gasteiger partial charge on any atom is 0.224 e. The van der Waals surface area contributed by atoms with Gasteiger partial charge >= 0.3 is 0 Å². The van der Waals surface area contributed by atoms with E-state index < -0.39 is 11.6 Å². The lowest BCUT2D eigenvalue weighted by Crippen LogP contribution is -2.46. The third kappa shape index (κ3) is 4.03. The molecular formula is C17H23FN2O4. The van der Waals surface area contributed by atoms with Gasteiger partial charge in [0.05, 0.1) is 19.1 Å². The molecule has 3 rings (SSSR count). The second-order valence-corrected chi connectivity index (χ2v) is 6.54. The van der Waals surface area contributed by atoms with E-state index in [1.165, 1.54) is 12.1 Å². The number of hydrogen-bond acceptors (Lipinski definition) is 5. The number of amides is 1. The standard InChI is InChI=1S/C17H23FN2O4/c18-15-5-11(1-2-16(15)22)6-17(23)19-12-7-13-10-24-14(3-4-21)9-20(13)8-12/h1-2,5,12-14,21-22H,3-4,6-10H2,(H,19,23)/t12-,13-,14-/m0/s1. The Morgan fingerprint density at radius 1 is 1.42 bits per heavy atom. The van der Waals surface area contributed by atoms with Gasteiger partial charge in [0, 0.05) is 31.8 Å². The first-order valence-corrected chi connectivity index (χ1v) is 8.28. The molecule has 0 radical (unpaired) electrons. The molecule has 0 saturated carbocycles. The van der Waals surface area contributed by atoms with Crippen molar-refractivity contribution in [2.24, 2.45) is 0 Å². The molecular weight excluding hydrogens is 315 g/mol. The summed E-state index contributed by atoms with van der Waals surface area (Å²) in [4.78, 5) is 14.5. The van der Waals surface area contributed by atoms with Crippen LogP contribution in [0.25, 0.3) is 0 Å². The number of nitrogens with one attached hydrogen (secondary N) is 1. The molecule has 2 fully saturated rings. The summed E-state index contributed by atoms with van der Waals surface area (Å²) in [5.41, 5.74) is 0.532. The summed E-state index contributed by atoms with van der Waals surface area (Å²) in [5.74, 6) is -1.28. The molecule has 0 bridgehead atoms. The highest BCUT2D eigenvalue weighted by Crippen LogP contribution is 2.24. The Labute approximate surface area is 140 Å². The van der Waals surface area contributed by atoms with Crippen LogP contribution in [0.3, 0.4) is 0 Å². The molecule has 2 aliphatic rings. The first-order valence-electron chi connectivity index (χ1n) is 8.28. The van der Waals surface area contributed by atoms with Gasteiger partial charge in [-0.15, -0.1) is 0 Å². The molecule has 6 nitrogen and oxygen atoms in total. The Bertz CT molecular complexity index is 598. The van der Waals surface area contributed by atoms with Gasteiger partial charge in [-0.05, 0) is 30.5 Å². The maximum atomic E-state index is 13.3. The minimum atomic E-state index is -0.717. The van der Waals surface area contributed by atoms with Crippen molar-refractivity contribution in [3.05, 3.63) is 29.6 Å². The predicted molar refractivity (Wildman–Crippen MR) is 85.1 cm³/mol. The van der Waals surface area contributed by atoms with Gasteiger partial charge in [-0.1, -0.05) is 6.07 Å². The van der Waals surface area contributed by atoms with E-state index in [9.17, 15) is 14.3 Å². The van der Waals surface area contributed by atoms with E-state index in [4.69, 9.17) is 9.84 Å². The van der Waals surface area contributed by atoms with Gasteiger partial charge in [0.15, 0.2) is 11.6 Å². The third-order valence-corrected chi connectivity index (χ3v) is 4.68. The van der Waals surface area contributed by atoms with E-state index in [0.29, 0.717) is 24.6 Å². The van der Waals surface area contributed by atoms with E-state index in [1.807, 2.05) is 0 Å². The van der Waals surface area contributed by atoms with Crippen LogP contribution < -0.4 is 5.32 Å². The maximum absolute atomic E-state index is 13.3. The predicted octanol–water partition coefficient (Wildman–Crippen LogP) is 0.414. The van der Waals surface area contributed by atoms with Crippen molar-refractivity contribution in [2.45, 2.75) is 37.5 Å². The summed E-state index contributed by atoms with van der Waals surface area (Å²) < 4.78 is 19.0. The number of morpholine rings is 1. The molecule has 1 amide bonds. The molecule has 0 aliphatic carbocycles. The number of aromatic hydroxyl groups is 1. The lowest BCUT2D eigenvalue weighted by atomic mass is 10.1. The molecule has 24 heavy (non-hydrogen) atoms. The monoisotopic (exact) mass is 338 g/mol. The van der Waals surface area contributed by atoms with E-state index in [1.54, 1.807) is 6.07 Å². The van der Waals surface area contributed by atoms with Gasteiger partial charge in [-0.25, -0.2) is 4.39 Å². The highest BCUT2D eigenvalue weighted by atomic mass is 19.1. The van der Waals surface area contributed by atoms with Crippen LogP contribution in [0.4, 0.5) is 4.39 Å². The number of aliphatic hydroxyl groups excluding tert-OH is 1. The number of carbonyl (C=O) groups excluding carboxylic acids is 1. The smallest absolute Gasteiger partial charge is 0.224 e. The van der Waals surface area contributed by atoms with Crippen LogP contribution in [-0.4, -0.2) is 65.5 Å². The zero-order chi connectivity index (χ0) is 17.1. The first-order chi connectivity index (χ1) is 11.5. The Hall–Kier alpha value is -1.70. The van der Waals surface area contributed by atoms with E-state index >= 15 is 0 Å². The zero-order valence-electron chi connectivity index (χ0n) is 13.4. The third-order valence-electron chi connectivity index (χ3n) is 4.68. The van der Waals surface area contributed by atoms with Crippen molar-refractivity contribution < 1.29 is 24.1 Å². The summed E-state index contributed by atoms with van der Waals surface area (Å²) in [6.45, 7) is 2.29. The zero-order valence-corrected chi connectivity index (χ0v) is 13.4. The molecule has 2 aliphatic heterocycles. The molecule has 1 aromatic carbocycles. The molecule has 7 heteroatoms. The molecule has 0 unspecified atom stereocenters. The Kier molecular flexibility index (Phi) is 5.33. The number of phenols is 1. The summed E-state index contributed by atoms with van der Waals surface area (Å²) in [6, 6.07) is 4.34. The Morgan fingerprint density at radius 3 is 3.00 bits per heavy atom. The molecule has 3 atom stereocenters. The molecule has 1 aromatic rings. The van der Waals surface area contributed by atoms with Crippen molar-refractivity contribution in [3.8, 4) is 5.75 Å². The van der Waals surface area contributed by atoms with Crippen LogP contribution in [0.2, 0.25) is 0 Å². The lowest BCUT2D eigenvalue weighted by Gasteiger charge is -2.34. The fourth-order valence-corrected chi connectivity index (χ4v) is 3.49. The fraction of sp³-hybridized carbons (Fsp3) is 0.588. The molecule has 0 spiro atoms. The molecule has 3 N–H and O–H groups in total. The normalized spacial score (nSPS) is 27.0. The number of carbonyl (C=O) groups is 1. The number of fused-ring (bicyclic) bond motifs is 1. The Balaban J connectivity index is 1.50. The van der Waals surface area contributed by atoms with Crippen molar-refractivity contribution in [2.75, 3.05) is 26.3 Å². The second-order valence-electron chi connectivity index (χ2n) is 6.54. The number of hydrogen-bond donors (Lipinski definition) is 3. The van der Waals surface area contributed by atoms with Gasteiger partial charge in [0.25, 0.3) is 0 Å². The summed E-state index contributed by atoms with van der Waals surface area (Å²) in [7, 11) is 0. The summed E-state index contributed by atoms with van der Waals surface area (Å²) in [5, 5.41) is 21.2. The fourth-order valence-electron chi connectivity index (χ4n) is 3.49. The number of ether oxygens (including phenoxy) is 1. The van der Waals surface area contributed by atoms with Crippen molar-refractivity contribution in [1.29, 1.82) is 0 Å². The SMILES string of the molecule is O=C(Cc1ccc(O)c(F)c1)N[C@H]1C[C@H]2CO[C@@H](CCO)CN2C1. The van der Waals surface area contributed by atoms with Crippen molar-refractivity contribution >= 4 is 5.91 Å². The van der Waals surface area contributed by atoms with Gasteiger partial charge in [0.1, 0.15) is 0 Å².